The quantitative estimate of drug-likeness (QED) is 0.434. The van der Waals surface area contributed by atoms with Gasteiger partial charge in [0.05, 0.1) is 17.1 Å². The minimum atomic E-state index is -0.401. The Hall–Kier alpha value is -2.21. The summed E-state index contributed by atoms with van der Waals surface area (Å²) in [6.45, 7) is 7.50. The third kappa shape index (κ3) is 3.87. The second kappa shape index (κ2) is 8.29. The lowest BCUT2D eigenvalue weighted by Crippen LogP contribution is -2.46. The molecule has 2 fully saturated rings. The van der Waals surface area contributed by atoms with Gasteiger partial charge in [0.15, 0.2) is 0 Å². The number of halogens is 2. The molecular weight excluding hydrogens is 445 g/mol. The Morgan fingerprint density at radius 2 is 1.81 bits per heavy atom. The molecule has 32 heavy (non-hydrogen) atoms. The minimum Gasteiger partial charge on any atom is -0.441 e. The Bertz CT molecular complexity index is 1150. The zero-order chi connectivity index (χ0) is 22.5. The van der Waals surface area contributed by atoms with Crippen molar-refractivity contribution in [2.24, 2.45) is 0 Å². The van der Waals surface area contributed by atoms with Gasteiger partial charge in [0.1, 0.15) is 5.60 Å². The van der Waals surface area contributed by atoms with Crippen LogP contribution in [0.25, 0.3) is 10.9 Å². The normalized spacial score (nSPS) is 18.8. The molecule has 2 saturated heterocycles. The molecule has 168 valence electrons. The van der Waals surface area contributed by atoms with E-state index in [1.807, 2.05) is 42.5 Å². The molecule has 5 nitrogen and oxygen atoms in total. The van der Waals surface area contributed by atoms with Gasteiger partial charge in [0.2, 0.25) is 0 Å². The highest BCUT2D eigenvalue weighted by molar-refractivity contribution is 6.38. The highest BCUT2D eigenvalue weighted by Crippen LogP contribution is 2.38. The van der Waals surface area contributed by atoms with Crippen LogP contribution in [0.1, 0.15) is 38.3 Å². The average molecular weight is 472 g/mol. The fourth-order valence-electron chi connectivity index (χ4n) is 4.96. The fraction of sp³-hybridized carbons (Fsp3) is 0.400. The molecule has 0 radical (unpaired) electrons. The molecule has 0 saturated carbocycles. The number of carbonyl (C=O) groups excluding carboxylic acids is 1. The molecule has 1 aromatic heterocycles. The number of carbonyl (C=O) groups is 1. The third-order valence-electron chi connectivity index (χ3n) is 6.68. The van der Waals surface area contributed by atoms with Crippen molar-refractivity contribution in [3.63, 3.8) is 0 Å². The van der Waals surface area contributed by atoms with E-state index in [9.17, 15) is 4.79 Å². The lowest BCUT2D eigenvalue weighted by Gasteiger charge is -2.37. The summed E-state index contributed by atoms with van der Waals surface area (Å²) in [6.07, 6.45) is 3.61. The number of ether oxygens (including phenoxy) is 1. The molecule has 5 rings (SSSR count). The van der Waals surface area contributed by atoms with Crippen molar-refractivity contribution < 1.29 is 9.53 Å². The average Bonchev–Trinajstić information content (AvgIpc) is 3.29. The predicted octanol–water partition coefficient (Wildman–Crippen LogP) is 6.52. The molecule has 0 bridgehead atoms. The predicted molar refractivity (Wildman–Crippen MR) is 130 cm³/mol. The van der Waals surface area contributed by atoms with Crippen LogP contribution in [-0.4, -0.2) is 40.8 Å². The number of amides is 1. The molecule has 2 aliphatic rings. The summed E-state index contributed by atoms with van der Waals surface area (Å²) in [6, 6.07) is 13.9. The van der Waals surface area contributed by atoms with E-state index >= 15 is 0 Å². The van der Waals surface area contributed by atoms with Gasteiger partial charge in [-0.3, -0.25) is 9.80 Å². The van der Waals surface area contributed by atoms with E-state index in [0.717, 1.165) is 49.1 Å². The Balaban J connectivity index is 1.32. The van der Waals surface area contributed by atoms with E-state index in [-0.39, 0.29) is 6.09 Å². The number of para-hydroxylation sites is 1. The SMILES string of the molecule is CC(C)n1cc(CN2CCC3(CC2)CN(c2ccccc2)C(=O)O3)c2cc(Cl)cc(Cl)c21. The van der Waals surface area contributed by atoms with E-state index in [2.05, 4.69) is 29.5 Å². The second-order valence-corrected chi connectivity index (χ2v) is 10.0. The molecule has 2 aliphatic heterocycles. The number of rotatable bonds is 4. The maximum absolute atomic E-state index is 12.6. The number of hydrogen-bond acceptors (Lipinski definition) is 3. The van der Waals surface area contributed by atoms with Crippen LogP contribution >= 0.6 is 23.2 Å². The number of nitrogens with zero attached hydrogens (tertiary/aromatic N) is 3. The van der Waals surface area contributed by atoms with E-state index in [1.165, 1.54) is 5.56 Å². The van der Waals surface area contributed by atoms with Gasteiger partial charge in [-0.25, -0.2) is 4.79 Å². The van der Waals surface area contributed by atoms with Crippen molar-refractivity contribution in [3.8, 4) is 0 Å². The summed E-state index contributed by atoms with van der Waals surface area (Å²) in [5, 5.41) is 2.45. The molecule has 0 unspecified atom stereocenters. The van der Waals surface area contributed by atoms with Crippen molar-refractivity contribution in [3.05, 3.63) is 64.3 Å². The molecule has 1 spiro atoms. The van der Waals surface area contributed by atoms with Gasteiger partial charge < -0.3 is 9.30 Å². The molecule has 0 aliphatic carbocycles. The van der Waals surface area contributed by atoms with Gasteiger partial charge in [-0.05, 0) is 43.7 Å². The van der Waals surface area contributed by atoms with Crippen LogP contribution in [0.5, 0.6) is 0 Å². The van der Waals surface area contributed by atoms with Crippen molar-refractivity contribution in [2.45, 2.75) is 44.9 Å². The molecular formula is C25H27Cl2N3O2. The maximum Gasteiger partial charge on any atom is 0.415 e. The van der Waals surface area contributed by atoms with Gasteiger partial charge in [0, 0.05) is 60.8 Å². The van der Waals surface area contributed by atoms with Crippen LogP contribution in [0.2, 0.25) is 10.0 Å². The number of aromatic nitrogens is 1. The lowest BCUT2D eigenvalue weighted by molar-refractivity contribution is -0.000889. The zero-order valence-electron chi connectivity index (χ0n) is 18.4. The first-order valence-electron chi connectivity index (χ1n) is 11.1. The van der Waals surface area contributed by atoms with Crippen molar-refractivity contribution >= 4 is 45.9 Å². The van der Waals surface area contributed by atoms with Gasteiger partial charge in [-0.15, -0.1) is 0 Å². The number of piperidine rings is 1. The van der Waals surface area contributed by atoms with Crippen LogP contribution in [-0.2, 0) is 11.3 Å². The van der Waals surface area contributed by atoms with E-state index in [4.69, 9.17) is 27.9 Å². The summed E-state index contributed by atoms with van der Waals surface area (Å²) >= 11 is 12.9. The van der Waals surface area contributed by atoms with Crippen molar-refractivity contribution in [1.82, 2.24) is 9.47 Å². The number of likely N-dealkylation sites (tertiary alicyclic amines) is 1. The van der Waals surface area contributed by atoms with E-state index in [1.54, 1.807) is 4.90 Å². The molecule has 3 heterocycles. The highest BCUT2D eigenvalue weighted by atomic mass is 35.5. The van der Waals surface area contributed by atoms with Crippen LogP contribution in [0, 0.1) is 0 Å². The van der Waals surface area contributed by atoms with Crippen LogP contribution < -0.4 is 4.90 Å². The van der Waals surface area contributed by atoms with Gasteiger partial charge in [0.25, 0.3) is 0 Å². The first-order chi connectivity index (χ1) is 15.3. The second-order valence-electron chi connectivity index (χ2n) is 9.19. The van der Waals surface area contributed by atoms with Crippen LogP contribution in [0.15, 0.2) is 48.7 Å². The van der Waals surface area contributed by atoms with E-state index < -0.39 is 5.60 Å². The molecule has 7 heteroatoms. The van der Waals surface area contributed by atoms with Gasteiger partial charge in [-0.2, -0.15) is 0 Å². The number of benzene rings is 2. The first kappa shape index (κ1) is 21.6. The molecule has 2 aromatic carbocycles. The third-order valence-corrected chi connectivity index (χ3v) is 7.19. The first-order valence-corrected chi connectivity index (χ1v) is 11.9. The fourth-order valence-corrected chi connectivity index (χ4v) is 5.55. The summed E-state index contributed by atoms with van der Waals surface area (Å²) in [5.74, 6) is 0. The number of anilines is 1. The minimum absolute atomic E-state index is 0.242. The number of fused-ring (bicyclic) bond motifs is 1. The topological polar surface area (TPSA) is 37.7 Å². The summed E-state index contributed by atoms with van der Waals surface area (Å²) in [7, 11) is 0. The van der Waals surface area contributed by atoms with E-state index in [0.29, 0.717) is 22.6 Å². The highest BCUT2D eigenvalue weighted by Gasteiger charge is 2.47. The Morgan fingerprint density at radius 3 is 2.50 bits per heavy atom. The molecule has 3 aromatic rings. The smallest absolute Gasteiger partial charge is 0.415 e. The summed E-state index contributed by atoms with van der Waals surface area (Å²) in [5.41, 5.74) is 2.76. The van der Waals surface area contributed by atoms with Crippen LogP contribution in [0.3, 0.4) is 0 Å². The molecule has 0 N–H and O–H groups in total. The molecule has 1 amide bonds. The largest absolute Gasteiger partial charge is 0.441 e. The Kier molecular flexibility index (Phi) is 5.60. The van der Waals surface area contributed by atoms with Crippen LogP contribution in [0.4, 0.5) is 10.5 Å². The monoisotopic (exact) mass is 471 g/mol. The zero-order valence-corrected chi connectivity index (χ0v) is 19.9. The Labute approximate surface area is 198 Å². The van der Waals surface area contributed by atoms with Gasteiger partial charge >= 0.3 is 6.09 Å². The summed E-state index contributed by atoms with van der Waals surface area (Å²) < 4.78 is 8.14. The maximum atomic E-state index is 12.6. The summed E-state index contributed by atoms with van der Waals surface area (Å²) in [4.78, 5) is 16.7. The van der Waals surface area contributed by atoms with Gasteiger partial charge in [-0.1, -0.05) is 41.4 Å². The standard InChI is InChI=1S/C25H27Cl2N3O2/c1-17(2)29-15-18(21-12-19(26)13-22(27)23(21)29)14-28-10-8-25(9-11-28)16-30(24(31)32-25)20-6-4-3-5-7-20/h3-7,12-13,15,17H,8-11,14,16H2,1-2H3. The Morgan fingerprint density at radius 1 is 1.09 bits per heavy atom. The number of hydrogen-bond donors (Lipinski definition) is 0. The van der Waals surface area contributed by atoms with Crippen molar-refractivity contribution in [2.75, 3.05) is 24.5 Å². The van der Waals surface area contributed by atoms with Crippen molar-refractivity contribution in [1.29, 1.82) is 0 Å². The lowest BCUT2D eigenvalue weighted by atomic mass is 9.91. The molecule has 0 atom stereocenters.